The third-order valence-corrected chi connectivity index (χ3v) is 3.63. The normalized spacial score (nSPS) is 23.1. The van der Waals surface area contributed by atoms with Gasteiger partial charge in [0.1, 0.15) is 5.82 Å². The lowest BCUT2D eigenvalue weighted by Crippen LogP contribution is -2.54. The van der Waals surface area contributed by atoms with Crippen LogP contribution in [0.3, 0.4) is 0 Å². The Morgan fingerprint density at radius 3 is 2.50 bits per heavy atom. The van der Waals surface area contributed by atoms with Gasteiger partial charge < -0.3 is 10.2 Å². The minimum atomic E-state index is 0.495. The van der Waals surface area contributed by atoms with E-state index in [0.717, 1.165) is 35.9 Å². The van der Waals surface area contributed by atoms with Crippen molar-refractivity contribution in [1.82, 2.24) is 20.5 Å². The van der Waals surface area contributed by atoms with Gasteiger partial charge in [-0.3, -0.25) is 5.10 Å². The third-order valence-electron chi connectivity index (χ3n) is 3.63. The molecule has 1 saturated heterocycles. The van der Waals surface area contributed by atoms with Gasteiger partial charge in [0.05, 0.1) is 5.69 Å². The molecule has 2 aromatic rings. The predicted octanol–water partition coefficient (Wildman–Crippen LogP) is 1.97. The summed E-state index contributed by atoms with van der Waals surface area (Å²) in [5.74, 6) is 1.04. The Kier molecular flexibility index (Phi) is 3.44. The fourth-order valence-corrected chi connectivity index (χ4v) is 2.80. The molecule has 106 valence electrons. The number of aromatic amines is 1. The molecule has 0 unspecified atom stereocenters. The van der Waals surface area contributed by atoms with Crippen molar-refractivity contribution >= 4 is 5.82 Å². The Hall–Kier alpha value is -1.88. The number of nitrogens with zero attached hydrogens (tertiary/aromatic N) is 3. The number of rotatable bonds is 2. The second-order valence-electron chi connectivity index (χ2n) is 5.72. The van der Waals surface area contributed by atoms with Gasteiger partial charge in [0.2, 0.25) is 0 Å². The van der Waals surface area contributed by atoms with Gasteiger partial charge >= 0.3 is 0 Å². The van der Waals surface area contributed by atoms with E-state index in [9.17, 15) is 0 Å². The van der Waals surface area contributed by atoms with Gasteiger partial charge in [0.25, 0.3) is 0 Å². The molecule has 0 aromatic carbocycles. The maximum Gasteiger partial charge on any atom is 0.128 e. The second kappa shape index (κ2) is 5.25. The van der Waals surface area contributed by atoms with Crippen molar-refractivity contribution in [1.29, 1.82) is 0 Å². The van der Waals surface area contributed by atoms with Crippen molar-refractivity contribution in [3.63, 3.8) is 0 Å². The van der Waals surface area contributed by atoms with Crippen molar-refractivity contribution in [3.8, 4) is 11.3 Å². The van der Waals surface area contributed by atoms with E-state index < -0.39 is 0 Å². The zero-order chi connectivity index (χ0) is 14.1. The van der Waals surface area contributed by atoms with Gasteiger partial charge in [-0.25, -0.2) is 4.98 Å². The van der Waals surface area contributed by atoms with Crippen LogP contribution in [0.4, 0.5) is 5.82 Å². The lowest BCUT2D eigenvalue weighted by molar-refractivity contribution is 0.405. The SMILES string of the molecule is Cc1cc(-c2ccc(N3C[C@@H](C)N[C@@H](C)C3)nc2)n[nH]1. The molecule has 3 heterocycles. The first kappa shape index (κ1) is 13.1. The highest BCUT2D eigenvalue weighted by Gasteiger charge is 2.21. The van der Waals surface area contributed by atoms with E-state index in [0.29, 0.717) is 12.1 Å². The van der Waals surface area contributed by atoms with Crippen LogP contribution in [0.5, 0.6) is 0 Å². The molecule has 0 amide bonds. The fraction of sp³-hybridized carbons (Fsp3) is 0.467. The lowest BCUT2D eigenvalue weighted by atomic mass is 10.1. The lowest BCUT2D eigenvalue weighted by Gasteiger charge is -2.36. The summed E-state index contributed by atoms with van der Waals surface area (Å²) in [6, 6.07) is 7.20. The van der Waals surface area contributed by atoms with Gasteiger partial charge in [-0.15, -0.1) is 0 Å². The average Bonchev–Trinajstić information content (AvgIpc) is 2.84. The Morgan fingerprint density at radius 1 is 1.20 bits per heavy atom. The minimum Gasteiger partial charge on any atom is -0.354 e. The highest BCUT2D eigenvalue weighted by molar-refractivity contribution is 5.60. The number of piperazine rings is 1. The summed E-state index contributed by atoms with van der Waals surface area (Å²) in [5.41, 5.74) is 3.06. The van der Waals surface area contributed by atoms with Crippen LogP contribution in [-0.4, -0.2) is 40.4 Å². The molecule has 0 spiro atoms. The van der Waals surface area contributed by atoms with Gasteiger partial charge in [-0.05, 0) is 39.0 Å². The summed E-state index contributed by atoms with van der Waals surface area (Å²) in [6.07, 6.45) is 1.91. The van der Waals surface area contributed by atoms with Crippen LogP contribution in [-0.2, 0) is 0 Å². The number of nitrogens with one attached hydrogen (secondary N) is 2. The van der Waals surface area contributed by atoms with Crippen molar-refractivity contribution in [2.24, 2.45) is 0 Å². The molecule has 2 atom stereocenters. The van der Waals surface area contributed by atoms with Crippen molar-refractivity contribution < 1.29 is 0 Å². The smallest absolute Gasteiger partial charge is 0.128 e. The number of anilines is 1. The first-order valence-corrected chi connectivity index (χ1v) is 7.11. The molecule has 5 heteroatoms. The van der Waals surface area contributed by atoms with Crippen LogP contribution < -0.4 is 10.2 Å². The second-order valence-corrected chi connectivity index (χ2v) is 5.72. The summed E-state index contributed by atoms with van der Waals surface area (Å²) in [4.78, 5) is 6.94. The largest absolute Gasteiger partial charge is 0.354 e. The zero-order valence-corrected chi connectivity index (χ0v) is 12.2. The fourth-order valence-electron chi connectivity index (χ4n) is 2.80. The van der Waals surface area contributed by atoms with E-state index in [1.165, 1.54) is 0 Å². The summed E-state index contributed by atoms with van der Waals surface area (Å²) >= 11 is 0. The van der Waals surface area contributed by atoms with E-state index in [4.69, 9.17) is 0 Å². The molecule has 2 N–H and O–H groups in total. The number of aromatic nitrogens is 3. The van der Waals surface area contributed by atoms with Gasteiger partial charge in [-0.1, -0.05) is 0 Å². The number of hydrogen-bond donors (Lipinski definition) is 2. The van der Waals surface area contributed by atoms with Crippen molar-refractivity contribution in [2.75, 3.05) is 18.0 Å². The topological polar surface area (TPSA) is 56.8 Å². The van der Waals surface area contributed by atoms with Crippen LogP contribution in [0, 0.1) is 6.92 Å². The van der Waals surface area contributed by atoms with Crippen LogP contribution >= 0.6 is 0 Å². The summed E-state index contributed by atoms with van der Waals surface area (Å²) in [7, 11) is 0. The molecular weight excluding hydrogens is 250 g/mol. The number of hydrogen-bond acceptors (Lipinski definition) is 4. The number of H-pyrrole nitrogens is 1. The Labute approximate surface area is 119 Å². The molecule has 0 saturated carbocycles. The standard InChI is InChI=1S/C15H21N5/c1-10-6-14(19-18-10)13-4-5-15(16-7-13)20-8-11(2)17-12(3)9-20/h4-7,11-12,17H,8-9H2,1-3H3,(H,18,19)/t11-,12+. The van der Waals surface area contributed by atoms with E-state index in [-0.39, 0.29) is 0 Å². The molecule has 2 aromatic heterocycles. The monoisotopic (exact) mass is 271 g/mol. The molecule has 1 aliphatic heterocycles. The van der Waals surface area contributed by atoms with E-state index in [2.05, 4.69) is 51.4 Å². The quantitative estimate of drug-likeness (QED) is 0.877. The molecule has 5 nitrogen and oxygen atoms in total. The molecule has 1 fully saturated rings. The molecular formula is C15H21N5. The van der Waals surface area contributed by atoms with Crippen LogP contribution in [0.15, 0.2) is 24.4 Å². The first-order chi connectivity index (χ1) is 9.61. The Morgan fingerprint density at radius 2 is 1.95 bits per heavy atom. The summed E-state index contributed by atoms with van der Waals surface area (Å²) in [5, 5.41) is 10.8. The van der Waals surface area contributed by atoms with Crippen LogP contribution in [0.1, 0.15) is 19.5 Å². The molecule has 20 heavy (non-hydrogen) atoms. The predicted molar refractivity (Wildman–Crippen MR) is 80.8 cm³/mol. The van der Waals surface area contributed by atoms with Gasteiger partial charge in [-0.2, -0.15) is 5.10 Å². The molecule has 0 radical (unpaired) electrons. The van der Waals surface area contributed by atoms with E-state index in [1.807, 2.05) is 19.2 Å². The molecule has 0 bridgehead atoms. The highest BCUT2D eigenvalue weighted by atomic mass is 15.3. The Bertz CT molecular complexity index is 564. The Balaban J connectivity index is 1.79. The zero-order valence-electron chi connectivity index (χ0n) is 12.2. The number of pyridine rings is 1. The minimum absolute atomic E-state index is 0.495. The van der Waals surface area contributed by atoms with E-state index in [1.54, 1.807) is 0 Å². The van der Waals surface area contributed by atoms with Crippen molar-refractivity contribution in [3.05, 3.63) is 30.1 Å². The van der Waals surface area contributed by atoms with Gasteiger partial charge in [0.15, 0.2) is 0 Å². The number of aryl methyl sites for hydroxylation is 1. The molecule has 0 aliphatic carbocycles. The van der Waals surface area contributed by atoms with Gasteiger partial charge in [0, 0.05) is 42.6 Å². The maximum absolute atomic E-state index is 4.60. The highest BCUT2D eigenvalue weighted by Crippen LogP contribution is 2.21. The third kappa shape index (κ3) is 2.67. The summed E-state index contributed by atoms with van der Waals surface area (Å²) in [6.45, 7) is 8.42. The van der Waals surface area contributed by atoms with Crippen LogP contribution in [0.2, 0.25) is 0 Å². The van der Waals surface area contributed by atoms with Crippen molar-refractivity contribution in [2.45, 2.75) is 32.9 Å². The van der Waals surface area contributed by atoms with Crippen LogP contribution in [0.25, 0.3) is 11.3 Å². The molecule has 1 aliphatic rings. The average molecular weight is 271 g/mol. The summed E-state index contributed by atoms with van der Waals surface area (Å²) < 4.78 is 0. The molecule has 3 rings (SSSR count). The van der Waals surface area contributed by atoms with E-state index >= 15 is 0 Å². The maximum atomic E-state index is 4.60. The first-order valence-electron chi connectivity index (χ1n) is 7.11.